The van der Waals surface area contributed by atoms with Gasteiger partial charge in [-0.3, -0.25) is 14.5 Å². The van der Waals surface area contributed by atoms with Gasteiger partial charge in [-0.1, -0.05) is 56.4 Å². The van der Waals surface area contributed by atoms with E-state index < -0.39 is 5.97 Å². The fourth-order valence-corrected chi connectivity index (χ4v) is 4.98. The first-order valence-corrected chi connectivity index (χ1v) is 11.4. The van der Waals surface area contributed by atoms with E-state index in [1.165, 1.54) is 41.6 Å². The highest BCUT2D eigenvalue weighted by Gasteiger charge is 2.32. The summed E-state index contributed by atoms with van der Waals surface area (Å²) < 4.78 is 0.496. The zero-order chi connectivity index (χ0) is 21.0. The number of hydrogen-bond donors (Lipinski definition) is 1. The highest BCUT2D eigenvalue weighted by molar-refractivity contribution is 8.26. The molecule has 156 valence electrons. The molecule has 0 spiro atoms. The molecule has 2 saturated heterocycles. The molecular formula is C22H28N2O3S2. The summed E-state index contributed by atoms with van der Waals surface area (Å²) in [6, 6.07) is 8.32. The fraction of sp³-hybridized carbons (Fsp3) is 0.500. The minimum absolute atomic E-state index is 0.0332. The van der Waals surface area contributed by atoms with Crippen molar-refractivity contribution >= 4 is 51.9 Å². The maximum Gasteiger partial charge on any atom is 0.303 e. The number of anilines is 1. The molecule has 1 amide bonds. The lowest BCUT2D eigenvalue weighted by Gasteiger charge is -2.40. The second-order valence-electron chi connectivity index (χ2n) is 8.07. The predicted octanol–water partition coefficient (Wildman–Crippen LogP) is 4.77. The van der Waals surface area contributed by atoms with Gasteiger partial charge in [0.05, 0.1) is 4.91 Å². The van der Waals surface area contributed by atoms with Gasteiger partial charge in [0.15, 0.2) is 0 Å². The summed E-state index contributed by atoms with van der Waals surface area (Å²) in [6.45, 7) is 7.17. The second kappa shape index (κ2) is 9.30. The van der Waals surface area contributed by atoms with Crippen LogP contribution in [-0.2, 0) is 9.59 Å². The van der Waals surface area contributed by atoms with E-state index in [0.29, 0.717) is 27.6 Å². The van der Waals surface area contributed by atoms with Crippen LogP contribution in [0.2, 0.25) is 0 Å². The van der Waals surface area contributed by atoms with Crippen LogP contribution in [0.25, 0.3) is 6.08 Å². The summed E-state index contributed by atoms with van der Waals surface area (Å²) in [6.07, 6.45) is 5.96. The van der Waals surface area contributed by atoms with Crippen LogP contribution in [0.3, 0.4) is 0 Å². The van der Waals surface area contributed by atoms with Crippen molar-refractivity contribution in [2.75, 3.05) is 24.5 Å². The van der Waals surface area contributed by atoms with Crippen LogP contribution in [0, 0.1) is 5.41 Å². The van der Waals surface area contributed by atoms with Crippen molar-refractivity contribution in [3.05, 3.63) is 34.7 Å². The van der Waals surface area contributed by atoms with Crippen LogP contribution in [0.4, 0.5) is 5.69 Å². The van der Waals surface area contributed by atoms with Crippen LogP contribution in [-0.4, -0.2) is 45.8 Å². The number of nitrogens with zero attached hydrogens (tertiary/aromatic N) is 2. The second-order valence-corrected chi connectivity index (χ2v) is 9.75. The van der Waals surface area contributed by atoms with Crippen LogP contribution >= 0.6 is 24.0 Å². The molecule has 1 N–H and O–H groups in total. The average molecular weight is 433 g/mol. The van der Waals surface area contributed by atoms with Gasteiger partial charge < -0.3 is 10.0 Å². The predicted molar refractivity (Wildman–Crippen MR) is 123 cm³/mol. The number of piperidine rings is 1. The van der Waals surface area contributed by atoms with Crippen molar-refractivity contribution < 1.29 is 14.7 Å². The molecule has 0 saturated carbocycles. The standard InChI is InChI=1S/C22H28N2O3S2/c1-3-22(2)10-13-23(14-11-22)17-8-6-16(7-9-17)15-18-20(27)24(21(28)29-18)12-4-5-19(25)26/h6-9,15H,3-5,10-14H2,1-2H3,(H,25,26)/b18-15-. The fourth-order valence-electron chi connectivity index (χ4n) is 3.67. The molecule has 1 aromatic carbocycles. The van der Waals surface area contributed by atoms with Crippen molar-refractivity contribution in [1.82, 2.24) is 4.90 Å². The number of carbonyl (C=O) groups excluding carboxylic acids is 1. The molecule has 0 aromatic heterocycles. The van der Waals surface area contributed by atoms with E-state index in [4.69, 9.17) is 17.3 Å². The molecule has 0 atom stereocenters. The number of rotatable bonds is 7. The van der Waals surface area contributed by atoms with E-state index >= 15 is 0 Å². The van der Waals surface area contributed by atoms with Crippen molar-refractivity contribution in [3.8, 4) is 0 Å². The van der Waals surface area contributed by atoms with Crippen LogP contribution in [0.5, 0.6) is 0 Å². The number of thioether (sulfide) groups is 1. The first-order chi connectivity index (χ1) is 13.8. The lowest BCUT2D eigenvalue weighted by atomic mass is 9.78. The van der Waals surface area contributed by atoms with Crippen molar-refractivity contribution in [1.29, 1.82) is 0 Å². The van der Waals surface area contributed by atoms with Gasteiger partial charge in [-0.05, 0) is 48.4 Å². The van der Waals surface area contributed by atoms with Gasteiger partial charge >= 0.3 is 5.97 Å². The van der Waals surface area contributed by atoms with Crippen LogP contribution in [0.1, 0.15) is 51.5 Å². The van der Waals surface area contributed by atoms with Crippen molar-refractivity contribution in [3.63, 3.8) is 0 Å². The Morgan fingerprint density at radius 2 is 1.93 bits per heavy atom. The highest BCUT2D eigenvalue weighted by atomic mass is 32.2. The molecule has 5 nitrogen and oxygen atoms in total. The number of carboxylic acid groups (broad SMARTS) is 1. The van der Waals surface area contributed by atoms with Crippen molar-refractivity contribution in [2.45, 2.75) is 46.0 Å². The Labute approximate surface area is 182 Å². The third-order valence-electron chi connectivity index (χ3n) is 6.03. The lowest BCUT2D eigenvalue weighted by Crippen LogP contribution is -2.38. The highest BCUT2D eigenvalue weighted by Crippen LogP contribution is 2.36. The van der Waals surface area contributed by atoms with Gasteiger partial charge in [0.25, 0.3) is 5.91 Å². The maximum atomic E-state index is 12.6. The molecule has 0 unspecified atom stereocenters. The Morgan fingerprint density at radius 1 is 1.28 bits per heavy atom. The molecule has 0 radical (unpaired) electrons. The van der Waals surface area contributed by atoms with Gasteiger partial charge in [-0.15, -0.1) is 0 Å². The number of carboxylic acids is 1. The number of amides is 1. The number of hydrogen-bond acceptors (Lipinski definition) is 5. The molecule has 3 rings (SSSR count). The number of carbonyl (C=O) groups is 2. The molecular weight excluding hydrogens is 404 g/mol. The Bertz CT molecular complexity index is 812. The molecule has 29 heavy (non-hydrogen) atoms. The zero-order valence-electron chi connectivity index (χ0n) is 17.0. The van der Waals surface area contributed by atoms with E-state index in [2.05, 4.69) is 30.9 Å². The number of aliphatic carboxylic acids is 1. The van der Waals surface area contributed by atoms with Crippen LogP contribution in [0.15, 0.2) is 29.2 Å². The summed E-state index contributed by atoms with van der Waals surface area (Å²) in [5.74, 6) is -0.997. The van der Waals surface area contributed by atoms with Gasteiger partial charge in [0.1, 0.15) is 4.32 Å². The Morgan fingerprint density at radius 3 is 2.52 bits per heavy atom. The molecule has 0 aliphatic carbocycles. The molecule has 0 bridgehead atoms. The van der Waals surface area contributed by atoms with E-state index in [9.17, 15) is 9.59 Å². The summed E-state index contributed by atoms with van der Waals surface area (Å²) in [5.41, 5.74) is 2.66. The Hall–Kier alpha value is -1.86. The summed E-state index contributed by atoms with van der Waals surface area (Å²) >= 11 is 6.58. The minimum atomic E-state index is -0.862. The molecule has 1 aromatic rings. The normalized spacial score (nSPS) is 20.6. The maximum absolute atomic E-state index is 12.6. The Balaban J connectivity index is 1.62. The molecule has 2 heterocycles. The van der Waals surface area contributed by atoms with Gasteiger partial charge in [-0.25, -0.2) is 0 Å². The zero-order valence-corrected chi connectivity index (χ0v) is 18.7. The van der Waals surface area contributed by atoms with Crippen molar-refractivity contribution in [2.24, 2.45) is 5.41 Å². The molecule has 2 fully saturated rings. The molecule has 2 aliphatic rings. The topological polar surface area (TPSA) is 60.9 Å². The monoisotopic (exact) mass is 432 g/mol. The SMILES string of the molecule is CCC1(C)CCN(c2ccc(/C=C3\SC(=S)N(CCCC(=O)O)C3=O)cc2)CC1. The quantitative estimate of drug-likeness (QED) is 0.495. The van der Waals surface area contributed by atoms with E-state index in [0.717, 1.165) is 18.7 Å². The first kappa shape index (κ1) is 21.8. The number of benzene rings is 1. The summed E-state index contributed by atoms with van der Waals surface area (Å²) in [5, 5.41) is 8.76. The first-order valence-electron chi connectivity index (χ1n) is 10.1. The average Bonchev–Trinajstić information content (AvgIpc) is 2.96. The number of thiocarbonyl (C=S) groups is 1. The van der Waals surface area contributed by atoms with E-state index in [1.807, 2.05) is 18.2 Å². The lowest BCUT2D eigenvalue weighted by molar-refractivity contribution is -0.137. The van der Waals surface area contributed by atoms with Gasteiger partial charge in [0, 0.05) is 31.7 Å². The summed E-state index contributed by atoms with van der Waals surface area (Å²) in [7, 11) is 0. The van der Waals surface area contributed by atoms with E-state index in [-0.39, 0.29) is 12.3 Å². The van der Waals surface area contributed by atoms with E-state index in [1.54, 1.807) is 0 Å². The van der Waals surface area contributed by atoms with Crippen LogP contribution < -0.4 is 4.90 Å². The molecule has 2 aliphatic heterocycles. The largest absolute Gasteiger partial charge is 0.481 e. The minimum Gasteiger partial charge on any atom is -0.481 e. The third-order valence-corrected chi connectivity index (χ3v) is 7.40. The third kappa shape index (κ3) is 5.39. The Kier molecular flexibility index (Phi) is 7.01. The smallest absolute Gasteiger partial charge is 0.303 e. The van der Waals surface area contributed by atoms with Gasteiger partial charge in [0.2, 0.25) is 0 Å². The van der Waals surface area contributed by atoms with Gasteiger partial charge in [-0.2, -0.15) is 0 Å². The molecule has 7 heteroatoms. The summed E-state index contributed by atoms with van der Waals surface area (Å²) in [4.78, 5) is 27.8.